The van der Waals surface area contributed by atoms with E-state index in [0.29, 0.717) is 18.5 Å². The van der Waals surface area contributed by atoms with Gasteiger partial charge in [0, 0.05) is 6.54 Å². The molecular weight excluding hydrogens is 206 g/mol. The van der Waals surface area contributed by atoms with Crippen LogP contribution in [0.2, 0.25) is 0 Å². The fourth-order valence-electron chi connectivity index (χ4n) is 1.68. The highest BCUT2D eigenvalue weighted by Gasteiger charge is 2.37. The van der Waals surface area contributed by atoms with Crippen LogP contribution in [0, 0.1) is 0 Å². The molecular formula is C12H13NO3. The van der Waals surface area contributed by atoms with Gasteiger partial charge in [-0.3, -0.25) is 4.79 Å². The van der Waals surface area contributed by atoms with Crippen LogP contribution in [0.1, 0.15) is 23.7 Å². The Labute approximate surface area is 93.8 Å². The summed E-state index contributed by atoms with van der Waals surface area (Å²) in [4.78, 5) is 24.3. The molecule has 4 nitrogen and oxygen atoms in total. The highest BCUT2D eigenvalue weighted by Crippen LogP contribution is 2.20. The van der Waals surface area contributed by atoms with E-state index in [0.717, 1.165) is 0 Å². The van der Waals surface area contributed by atoms with Crippen LogP contribution >= 0.6 is 0 Å². The summed E-state index contributed by atoms with van der Waals surface area (Å²) >= 11 is 0. The van der Waals surface area contributed by atoms with Gasteiger partial charge in [0.05, 0.1) is 12.0 Å². The standard InChI is InChI=1S/C12H13NO3/c1-2-13-10(14)8-11(13)16-12(15)9-6-4-3-5-7-9/h3-7,11H,2,8H2,1H3. The predicted molar refractivity (Wildman–Crippen MR) is 57.6 cm³/mol. The first-order valence-corrected chi connectivity index (χ1v) is 5.28. The van der Waals surface area contributed by atoms with E-state index in [4.69, 9.17) is 4.74 Å². The van der Waals surface area contributed by atoms with Crippen LogP contribution in [-0.2, 0) is 9.53 Å². The molecule has 4 heteroatoms. The Hall–Kier alpha value is -1.84. The van der Waals surface area contributed by atoms with Crippen molar-refractivity contribution in [2.75, 3.05) is 6.54 Å². The number of likely N-dealkylation sites (tertiary alicyclic amines) is 1. The molecule has 84 valence electrons. The fraction of sp³-hybridized carbons (Fsp3) is 0.333. The summed E-state index contributed by atoms with van der Waals surface area (Å²) in [5.41, 5.74) is 0.512. The Kier molecular flexibility index (Phi) is 2.90. The van der Waals surface area contributed by atoms with Gasteiger partial charge in [-0.1, -0.05) is 18.2 Å². The SMILES string of the molecule is CCN1C(=O)CC1OC(=O)c1ccccc1. The van der Waals surface area contributed by atoms with Crippen molar-refractivity contribution in [1.82, 2.24) is 4.90 Å². The van der Waals surface area contributed by atoms with Gasteiger partial charge in [0.25, 0.3) is 0 Å². The zero-order valence-electron chi connectivity index (χ0n) is 9.05. The van der Waals surface area contributed by atoms with Gasteiger partial charge in [-0.25, -0.2) is 4.79 Å². The molecule has 0 radical (unpaired) electrons. The second-order valence-corrected chi connectivity index (χ2v) is 3.61. The summed E-state index contributed by atoms with van der Waals surface area (Å²) in [7, 11) is 0. The lowest BCUT2D eigenvalue weighted by molar-refractivity contribution is -0.164. The molecule has 1 heterocycles. The number of nitrogens with zero attached hydrogens (tertiary/aromatic N) is 1. The number of β-lactam (4-membered cyclic amide) rings is 1. The molecule has 1 aromatic rings. The summed E-state index contributed by atoms with van der Waals surface area (Å²) in [6.07, 6.45) is -0.0860. The van der Waals surface area contributed by atoms with Crippen LogP contribution in [0.3, 0.4) is 0 Å². The van der Waals surface area contributed by atoms with Crippen LogP contribution in [-0.4, -0.2) is 29.5 Å². The molecule has 0 aromatic heterocycles. The molecule has 2 rings (SSSR count). The van der Waals surface area contributed by atoms with E-state index < -0.39 is 0 Å². The van der Waals surface area contributed by atoms with Crippen LogP contribution in [0.25, 0.3) is 0 Å². The lowest BCUT2D eigenvalue weighted by atomic mass is 10.1. The van der Waals surface area contributed by atoms with Gasteiger partial charge in [-0.05, 0) is 19.1 Å². The predicted octanol–water partition coefficient (Wildman–Crippen LogP) is 1.42. The summed E-state index contributed by atoms with van der Waals surface area (Å²) < 4.78 is 5.21. The molecule has 1 atom stereocenters. The lowest BCUT2D eigenvalue weighted by Crippen LogP contribution is -2.54. The van der Waals surface area contributed by atoms with E-state index in [1.807, 2.05) is 13.0 Å². The molecule has 16 heavy (non-hydrogen) atoms. The average molecular weight is 219 g/mol. The van der Waals surface area contributed by atoms with E-state index in [2.05, 4.69) is 0 Å². The topological polar surface area (TPSA) is 46.6 Å². The first-order chi connectivity index (χ1) is 7.72. The minimum absolute atomic E-state index is 0.0355. The third kappa shape index (κ3) is 1.91. The van der Waals surface area contributed by atoms with E-state index in [9.17, 15) is 9.59 Å². The first kappa shape index (κ1) is 10.7. The van der Waals surface area contributed by atoms with Gasteiger partial charge in [0.15, 0.2) is 6.23 Å². The molecule has 1 aliphatic rings. The van der Waals surface area contributed by atoms with Gasteiger partial charge >= 0.3 is 5.97 Å². The van der Waals surface area contributed by atoms with Crippen LogP contribution in [0.5, 0.6) is 0 Å². The Morgan fingerprint density at radius 3 is 2.69 bits per heavy atom. The van der Waals surface area contributed by atoms with Gasteiger partial charge in [0.1, 0.15) is 0 Å². The maximum Gasteiger partial charge on any atom is 0.340 e. The maximum atomic E-state index is 11.7. The molecule has 1 saturated heterocycles. The van der Waals surface area contributed by atoms with Gasteiger partial charge < -0.3 is 9.64 Å². The van der Waals surface area contributed by atoms with Crippen molar-refractivity contribution in [3.05, 3.63) is 35.9 Å². The summed E-state index contributed by atoms with van der Waals surface area (Å²) in [6, 6.07) is 8.78. The van der Waals surface area contributed by atoms with E-state index in [-0.39, 0.29) is 18.1 Å². The quantitative estimate of drug-likeness (QED) is 0.570. The van der Waals surface area contributed by atoms with Crippen LogP contribution in [0.4, 0.5) is 0 Å². The van der Waals surface area contributed by atoms with E-state index >= 15 is 0 Å². The van der Waals surface area contributed by atoms with Crippen molar-refractivity contribution in [2.24, 2.45) is 0 Å². The van der Waals surface area contributed by atoms with Crippen molar-refractivity contribution in [3.8, 4) is 0 Å². The number of hydrogen-bond acceptors (Lipinski definition) is 3. The third-order valence-electron chi connectivity index (χ3n) is 2.61. The highest BCUT2D eigenvalue weighted by atomic mass is 16.6. The zero-order chi connectivity index (χ0) is 11.5. The second kappa shape index (κ2) is 4.35. The molecule has 0 saturated carbocycles. The Morgan fingerprint density at radius 2 is 2.12 bits per heavy atom. The molecule has 0 bridgehead atoms. The monoisotopic (exact) mass is 219 g/mol. The highest BCUT2D eigenvalue weighted by molar-refractivity contribution is 5.91. The van der Waals surface area contributed by atoms with Gasteiger partial charge in [-0.15, -0.1) is 0 Å². The number of carbonyl (C=O) groups excluding carboxylic acids is 2. The van der Waals surface area contributed by atoms with Crippen molar-refractivity contribution in [2.45, 2.75) is 19.6 Å². The fourth-order valence-corrected chi connectivity index (χ4v) is 1.68. The van der Waals surface area contributed by atoms with E-state index in [1.165, 1.54) is 0 Å². The lowest BCUT2D eigenvalue weighted by Gasteiger charge is -2.38. The van der Waals surface area contributed by atoms with E-state index in [1.54, 1.807) is 29.2 Å². The number of rotatable bonds is 3. The van der Waals surface area contributed by atoms with Crippen molar-refractivity contribution < 1.29 is 14.3 Å². The second-order valence-electron chi connectivity index (χ2n) is 3.61. The van der Waals surface area contributed by atoms with Crippen LogP contribution < -0.4 is 0 Å². The average Bonchev–Trinajstić information content (AvgIpc) is 2.30. The normalized spacial score (nSPS) is 19.2. The number of hydrogen-bond donors (Lipinski definition) is 0. The van der Waals surface area contributed by atoms with Crippen molar-refractivity contribution in [3.63, 3.8) is 0 Å². The molecule has 1 aliphatic heterocycles. The Bertz CT molecular complexity index is 402. The number of carbonyl (C=O) groups is 2. The van der Waals surface area contributed by atoms with Crippen LogP contribution in [0.15, 0.2) is 30.3 Å². The molecule has 0 aliphatic carbocycles. The number of esters is 1. The van der Waals surface area contributed by atoms with Gasteiger partial charge in [-0.2, -0.15) is 0 Å². The number of benzene rings is 1. The Balaban J connectivity index is 1.96. The summed E-state index contributed by atoms with van der Waals surface area (Å²) in [6.45, 7) is 2.44. The molecule has 0 spiro atoms. The number of amides is 1. The van der Waals surface area contributed by atoms with Gasteiger partial charge in [0.2, 0.25) is 5.91 Å². The molecule has 1 unspecified atom stereocenters. The molecule has 1 fully saturated rings. The zero-order valence-corrected chi connectivity index (χ0v) is 9.05. The minimum atomic E-state index is -0.384. The largest absolute Gasteiger partial charge is 0.437 e. The van der Waals surface area contributed by atoms with Crippen molar-refractivity contribution >= 4 is 11.9 Å². The third-order valence-corrected chi connectivity index (χ3v) is 2.61. The molecule has 1 amide bonds. The summed E-state index contributed by atoms with van der Waals surface area (Å²) in [5.74, 6) is -0.343. The number of ether oxygens (including phenoxy) is 1. The Morgan fingerprint density at radius 1 is 1.44 bits per heavy atom. The van der Waals surface area contributed by atoms with Crippen molar-refractivity contribution in [1.29, 1.82) is 0 Å². The summed E-state index contributed by atoms with van der Waals surface area (Å²) in [5, 5.41) is 0. The molecule has 0 N–H and O–H groups in total. The maximum absolute atomic E-state index is 11.7. The molecule has 1 aromatic carbocycles. The minimum Gasteiger partial charge on any atom is -0.437 e. The first-order valence-electron chi connectivity index (χ1n) is 5.28. The smallest absolute Gasteiger partial charge is 0.340 e.